The molecule has 1 aromatic rings. The maximum absolute atomic E-state index is 10.6. The molecule has 2 rings (SSSR count). The highest BCUT2D eigenvalue weighted by Gasteiger charge is 2.41. The fourth-order valence-electron chi connectivity index (χ4n) is 3.32. The number of methoxy groups -OCH3 is 1. The molecular formula is C16H25NO2. The van der Waals surface area contributed by atoms with Gasteiger partial charge in [-0.1, -0.05) is 25.0 Å². The lowest BCUT2D eigenvalue weighted by molar-refractivity contribution is 0.0264. The van der Waals surface area contributed by atoms with Crippen LogP contribution in [0.15, 0.2) is 24.3 Å². The Morgan fingerprint density at radius 3 is 2.47 bits per heavy atom. The molecule has 0 amide bonds. The zero-order valence-corrected chi connectivity index (χ0v) is 12.2. The van der Waals surface area contributed by atoms with Crippen LogP contribution in [0.3, 0.4) is 0 Å². The van der Waals surface area contributed by atoms with Crippen molar-refractivity contribution in [2.75, 3.05) is 27.7 Å². The molecule has 1 N–H and O–H groups in total. The topological polar surface area (TPSA) is 32.7 Å². The van der Waals surface area contributed by atoms with Gasteiger partial charge in [0.2, 0.25) is 0 Å². The second-order valence-electron chi connectivity index (χ2n) is 5.88. The smallest absolute Gasteiger partial charge is 0.118 e. The van der Waals surface area contributed by atoms with Crippen molar-refractivity contribution in [3.8, 4) is 5.75 Å². The Hall–Kier alpha value is -1.06. The molecule has 0 spiro atoms. The van der Waals surface area contributed by atoms with Gasteiger partial charge in [-0.05, 0) is 44.6 Å². The van der Waals surface area contributed by atoms with Gasteiger partial charge in [0.05, 0.1) is 13.2 Å². The highest BCUT2D eigenvalue weighted by Crippen LogP contribution is 2.40. The summed E-state index contributed by atoms with van der Waals surface area (Å²) in [5, 5.41) is 10.6. The average molecular weight is 263 g/mol. The van der Waals surface area contributed by atoms with E-state index in [2.05, 4.69) is 31.1 Å². The summed E-state index contributed by atoms with van der Waals surface area (Å²) in [4.78, 5) is 2.18. The number of rotatable bonds is 4. The van der Waals surface area contributed by atoms with Gasteiger partial charge in [-0.25, -0.2) is 0 Å². The summed E-state index contributed by atoms with van der Waals surface area (Å²) in [7, 11) is 5.83. The monoisotopic (exact) mass is 263 g/mol. The second-order valence-corrected chi connectivity index (χ2v) is 5.88. The quantitative estimate of drug-likeness (QED) is 0.905. The molecule has 1 saturated carbocycles. The minimum absolute atomic E-state index is 0.131. The SMILES string of the molecule is COc1ccc([C@@]2(CN(C)C)CCCC[C@@H]2O)cc1. The van der Waals surface area contributed by atoms with Gasteiger partial charge in [0.1, 0.15) is 5.75 Å². The first-order chi connectivity index (χ1) is 9.08. The van der Waals surface area contributed by atoms with Crippen LogP contribution in [0.4, 0.5) is 0 Å². The molecule has 1 fully saturated rings. The van der Waals surface area contributed by atoms with Gasteiger partial charge in [-0.3, -0.25) is 0 Å². The highest BCUT2D eigenvalue weighted by atomic mass is 16.5. The van der Waals surface area contributed by atoms with E-state index in [-0.39, 0.29) is 11.5 Å². The summed E-state index contributed by atoms with van der Waals surface area (Å²) >= 11 is 0. The normalized spacial score (nSPS) is 27.5. The summed E-state index contributed by atoms with van der Waals surface area (Å²) in [5.41, 5.74) is 1.10. The Bertz CT molecular complexity index is 402. The molecule has 0 heterocycles. The standard InChI is InChI=1S/C16H25NO2/c1-17(2)12-16(11-5-4-6-15(16)18)13-7-9-14(19-3)10-8-13/h7-10,15,18H,4-6,11-12H2,1-3H3/t15-,16-/m0/s1. The minimum atomic E-state index is -0.253. The summed E-state index contributed by atoms with van der Waals surface area (Å²) in [5.74, 6) is 0.869. The maximum Gasteiger partial charge on any atom is 0.118 e. The van der Waals surface area contributed by atoms with E-state index in [9.17, 15) is 5.11 Å². The summed E-state index contributed by atoms with van der Waals surface area (Å²) in [6.45, 7) is 0.889. The first-order valence-electron chi connectivity index (χ1n) is 7.06. The van der Waals surface area contributed by atoms with Crippen LogP contribution in [0.5, 0.6) is 5.75 Å². The molecule has 0 radical (unpaired) electrons. The number of hydrogen-bond acceptors (Lipinski definition) is 3. The number of aliphatic hydroxyl groups is 1. The Morgan fingerprint density at radius 1 is 1.26 bits per heavy atom. The van der Waals surface area contributed by atoms with Crippen LogP contribution in [-0.2, 0) is 5.41 Å². The van der Waals surface area contributed by atoms with Gasteiger partial charge < -0.3 is 14.7 Å². The molecule has 2 atom stereocenters. The third kappa shape index (κ3) is 2.93. The largest absolute Gasteiger partial charge is 0.497 e. The summed E-state index contributed by atoms with van der Waals surface area (Å²) < 4.78 is 5.22. The third-order valence-corrected chi connectivity index (χ3v) is 4.25. The number of hydrogen-bond donors (Lipinski definition) is 1. The van der Waals surface area contributed by atoms with Crippen LogP contribution in [0.25, 0.3) is 0 Å². The Balaban J connectivity index is 2.34. The molecule has 0 saturated heterocycles. The van der Waals surface area contributed by atoms with Crippen LogP contribution >= 0.6 is 0 Å². The van der Waals surface area contributed by atoms with Crippen LogP contribution in [0, 0.1) is 0 Å². The highest BCUT2D eigenvalue weighted by molar-refractivity contribution is 5.34. The van der Waals surface area contributed by atoms with Gasteiger partial charge in [-0.2, -0.15) is 0 Å². The lowest BCUT2D eigenvalue weighted by atomic mass is 9.67. The van der Waals surface area contributed by atoms with E-state index >= 15 is 0 Å². The predicted molar refractivity (Wildman–Crippen MR) is 77.7 cm³/mol. The molecule has 106 valence electrons. The van der Waals surface area contributed by atoms with Gasteiger partial charge in [-0.15, -0.1) is 0 Å². The van der Waals surface area contributed by atoms with Gasteiger partial charge >= 0.3 is 0 Å². The molecule has 19 heavy (non-hydrogen) atoms. The molecule has 0 aliphatic heterocycles. The lowest BCUT2D eigenvalue weighted by Gasteiger charge is -2.43. The van der Waals surface area contributed by atoms with Crippen LogP contribution in [0.1, 0.15) is 31.2 Å². The van der Waals surface area contributed by atoms with Crippen molar-refractivity contribution in [2.45, 2.75) is 37.2 Å². The molecule has 1 aromatic carbocycles. The summed E-state index contributed by atoms with van der Waals surface area (Å²) in [6, 6.07) is 8.20. The Labute approximate surface area is 116 Å². The van der Waals surface area contributed by atoms with Gasteiger partial charge in [0, 0.05) is 12.0 Å². The number of ether oxygens (including phenoxy) is 1. The van der Waals surface area contributed by atoms with Crippen molar-refractivity contribution < 1.29 is 9.84 Å². The minimum Gasteiger partial charge on any atom is -0.497 e. The zero-order valence-electron chi connectivity index (χ0n) is 12.2. The van der Waals surface area contributed by atoms with Crippen LogP contribution < -0.4 is 4.74 Å². The van der Waals surface area contributed by atoms with Crippen molar-refractivity contribution >= 4 is 0 Å². The number of nitrogens with zero attached hydrogens (tertiary/aromatic N) is 1. The van der Waals surface area contributed by atoms with E-state index in [1.54, 1.807) is 7.11 Å². The zero-order chi connectivity index (χ0) is 13.9. The Morgan fingerprint density at radius 2 is 1.95 bits per heavy atom. The van der Waals surface area contributed by atoms with Crippen molar-refractivity contribution in [2.24, 2.45) is 0 Å². The molecular weight excluding hydrogens is 238 g/mol. The van der Waals surface area contributed by atoms with Crippen molar-refractivity contribution in [3.63, 3.8) is 0 Å². The molecule has 0 aromatic heterocycles. The number of likely N-dealkylation sites (N-methyl/N-ethyl adjacent to an activating group) is 1. The number of aliphatic hydroxyl groups excluding tert-OH is 1. The van der Waals surface area contributed by atoms with Gasteiger partial charge in [0.25, 0.3) is 0 Å². The average Bonchev–Trinajstić information content (AvgIpc) is 2.41. The molecule has 1 aliphatic rings. The fraction of sp³-hybridized carbons (Fsp3) is 0.625. The lowest BCUT2D eigenvalue weighted by Crippen LogP contribution is -2.49. The second kappa shape index (κ2) is 5.93. The first kappa shape index (κ1) is 14.4. The first-order valence-corrected chi connectivity index (χ1v) is 7.06. The summed E-state index contributed by atoms with van der Waals surface area (Å²) in [6.07, 6.45) is 4.03. The van der Waals surface area contributed by atoms with E-state index in [0.717, 1.165) is 31.6 Å². The van der Waals surface area contributed by atoms with Crippen molar-refractivity contribution in [1.82, 2.24) is 4.90 Å². The molecule has 1 aliphatic carbocycles. The molecule has 3 heteroatoms. The van der Waals surface area contributed by atoms with Crippen molar-refractivity contribution in [3.05, 3.63) is 29.8 Å². The van der Waals surface area contributed by atoms with Crippen LogP contribution in [0.2, 0.25) is 0 Å². The Kier molecular flexibility index (Phi) is 4.48. The van der Waals surface area contributed by atoms with E-state index in [1.807, 2.05) is 12.1 Å². The van der Waals surface area contributed by atoms with E-state index in [0.29, 0.717) is 0 Å². The number of benzene rings is 1. The fourth-order valence-corrected chi connectivity index (χ4v) is 3.32. The third-order valence-electron chi connectivity index (χ3n) is 4.25. The van der Waals surface area contributed by atoms with E-state index < -0.39 is 0 Å². The molecule has 3 nitrogen and oxygen atoms in total. The van der Waals surface area contributed by atoms with Gasteiger partial charge in [0.15, 0.2) is 0 Å². The van der Waals surface area contributed by atoms with E-state index in [1.165, 1.54) is 12.0 Å². The molecule has 0 unspecified atom stereocenters. The van der Waals surface area contributed by atoms with E-state index in [4.69, 9.17) is 4.74 Å². The maximum atomic E-state index is 10.6. The predicted octanol–water partition coefficient (Wildman–Crippen LogP) is 2.43. The van der Waals surface area contributed by atoms with Crippen molar-refractivity contribution in [1.29, 1.82) is 0 Å². The molecule has 0 bridgehead atoms. The van der Waals surface area contributed by atoms with Crippen LogP contribution in [-0.4, -0.2) is 43.9 Å².